The standard InChI is InChI=1S/C34H43FN8O3/c35-24-20-29-27(30(21-24)43-19-13-32(44)37-34(43)46)12-18-42(29)26-10-14-40(15-11-26)22-23-8-16-41(17-9-23)31-7-6-28(38-39-31)33(45)36-25-4-2-1-3-5-25/h6-7,12,18,20-21,23,25-26H,1-5,8-11,13-17,19,22H2,(H,36,45)(H,37,44,46). The molecule has 0 spiro atoms. The summed E-state index contributed by atoms with van der Waals surface area (Å²) in [7, 11) is 0. The smallest absolute Gasteiger partial charge is 0.328 e. The van der Waals surface area contributed by atoms with Gasteiger partial charge in [0.15, 0.2) is 11.5 Å². The molecule has 2 aromatic heterocycles. The van der Waals surface area contributed by atoms with E-state index in [9.17, 15) is 18.8 Å². The van der Waals surface area contributed by atoms with Crippen LogP contribution in [0.15, 0.2) is 36.5 Å². The Labute approximate surface area is 268 Å². The highest BCUT2D eigenvalue weighted by molar-refractivity contribution is 6.09. The Morgan fingerprint density at radius 3 is 2.41 bits per heavy atom. The second kappa shape index (κ2) is 13.4. The van der Waals surface area contributed by atoms with Gasteiger partial charge in [-0.2, -0.15) is 0 Å². The van der Waals surface area contributed by atoms with E-state index in [0.717, 1.165) is 88.0 Å². The van der Waals surface area contributed by atoms with E-state index >= 15 is 0 Å². The molecule has 7 rings (SSSR count). The van der Waals surface area contributed by atoms with Gasteiger partial charge in [-0.15, -0.1) is 10.2 Å². The first kappa shape index (κ1) is 30.6. The molecule has 2 N–H and O–H groups in total. The molecular formula is C34H43FN8O3. The van der Waals surface area contributed by atoms with Crippen LogP contribution in [-0.4, -0.2) is 82.8 Å². The number of hydrogen-bond donors (Lipinski definition) is 2. The van der Waals surface area contributed by atoms with Gasteiger partial charge in [-0.05, 0) is 74.8 Å². The van der Waals surface area contributed by atoms with Crippen LogP contribution < -0.4 is 20.4 Å². The van der Waals surface area contributed by atoms with Crippen LogP contribution in [0.1, 0.15) is 80.7 Å². The van der Waals surface area contributed by atoms with Crippen LogP contribution in [0.25, 0.3) is 10.9 Å². The zero-order valence-corrected chi connectivity index (χ0v) is 26.3. The Bertz CT molecular complexity index is 1570. The van der Waals surface area contributed by atoms with Gasteiger partial charge in [0.05, 0.1) is 11.2 Å². The van der Waals surface area contributed by atoms with Crippen molar-refractivity contribution in [3.05, 3.63) is 48.0 Å². The normalized spacial score (nSPS) is 21.2. The number of benzene rings is 1. The number of fused-ring (bicyclic) bond motifs is 1. The fraction of sp³-hybridized carbons (Fsp3) is 0.559. The number of anilines is 2. The second-order valence-electron chi connectivity index (χ2n) is 13.4. The summed E-state index contributed by atoms with van der Waals surface area (Å²) in [6, 6.07) is 8.62. The number of rotatable bonds is 7. The van der Waals surface area contributed by atoms with Gasteiger partial charge >= 0.3 is 6.03 Å². The van der Waals surface area contributed by atoms with E-state index in [1.807, 2.05) is 18.3 Å². The van der Waals surface area contributed by atoms with Crippen molar-refractivity contribution in [3.63, 3.8) is 0 Å². The molecule has 0 atom stereocenters. The van der Waals surface area contributed by atoms with E-state index in [1.165, 1.54) is 30.2 Å². The average molecular weight is 631 g/mol. The van der Waals surface area contributed by atoms with Gasteiger partial charge < -0.3 is 19.7 Å². The van der Waals surface area contributed by atoms with Gasteiger partial charge in [-0.1, -0.05) is 19.3 Å². The molecule has 4 aliphatic rings. The van der Waals surface area contributed by atoms with Gasteiger partial charge in [0.2, 0.25) is 5.91 Å². The lowest BCUT2D eigenvalue weighted by Crippen LogP contribution is -2.49. The molecule has 3 saturated heterocycles. The van der Waals surface area contributed by atoms with Crippen LogP contribution in [-0.2, 0) is 4.79 Å². The third-order valence-corrected chi connectivity index (χ3v) is 10.4. The minimum absolute atomic E-state index is 0.125. The van der Waals surface area contributed by atoms with Crippen molar-refractivity contribution >= 4 is 40.3 Å². The Morgan fingerprint density at radius 2 is 1.70 bits per heavy atom. The maximum Gasteiger partial charge on any atom is 0.328 e. The first-order chi connectivity index (χ1) is 22.4. The van der Waals surface area contributed by atoms with Crippen molar-refractivity contribution in [2.75, 3.05) is 49.1 Å². The summed E-state index contributed by atoms with van der Waals surface area (Å²) < 4.78 is 17.0. The highest BCUT2D eigenvalue weighted by Crippen LogP contribution is 2.35. The number of nitrogens with one attached hydrogen (secondary N) is 2. The Morgan fingerprint density at radius 1 is 0.913 bits per heavy atom. The number of urea groups is 1. The topological polar surface area (TPSA) is 116 Å². The molecule has 12 heteroatoms. The van der Waals surface area contributed by atoms with Crippen molar-refractivity contribution in [2.45, 2.75) is 76.3 Å². The highest BCUT2D eigenvalue weighted by atomic mass is 19.1. The predicted molar refractivity (Wildman–Crippen MR) is 173 cm³/mol. The predicted octanol–water partition coefficient (Wildman–Crippen LogP) is 4.63. The van der Waals surface area contributed by atoms with Crippen molar-refractivity contribution in [3.8, 4) is 0 Å². The Kier molecular flexibility index (Phi) is 8.88. The number of carbonyl (C=O) groups is 3. The first-order valence-electron chi connectivity index (χ1n) is 16.9. The number of nitrogens with zero attached hydrogens (tertiary/aromatic N) is 6. The number of likely N-dealkylation sites (tertiary alicyclic amines) is 1. The number of amides is 4. The van der Waals surface area contributed by atoms with Gasteiger partial charge in [-0.3, -0.25) is 19.8 Å². The molecule has 4 amide bonds. The third kappa shape index (κ3) is 6.58. The second-order valence-corrected chi connectivity index (χ2v) is 13.4. The largest absolute Gasteiger partial charge is 0.355 e. The van der Waals surface area contributed by atoms with E-state index in [2.05, 4.69) is 35.2 Å². The number of halogens is 1. The molecule has 1 saturated carbocycles. The molecule has 4 fully saturated rings. The fourth-order valence-corrected chi connectivity index (χ4v) is 7.76. The van der Waals surface area contributed by atoms with Crippen molar-refractivity contribution in [1.29, 1.82) is 0 Å². The monoisotopic (exact) mass is 630 g/mol. The van der Waals surface area contributed by atoms with E-state index in [0.29, 0.717) is 17.3 Å². The molecule has 11 nitrogen and oxygen atoms in total. The number of aromatic nitrogens is 3. The molecule has 1 aliphatic carbocycles. The summed E-state index contributed by atoms with van der Waals surface area (Å²) >= 11 is 0. The van der Waals surface area contributed by atoms with E-state index in [4.69, 9.17) is 0 Å². The summed E-state index contributed by atoms with van der Waals surface area (Å²) in [5.41, 5.74) is 1.68. The van der Waals surface area contributed by atoms with Crippen LogP contribution in [0.2, 0.25) is 0 Å². The van der Waals surface area contributed by atoms with Crippen LogP contribution in [0.5, 0.6) is 0 Å². The number of imide groups is 1. The molecule has 0 bridgehead atoms. The zero-order valence-electron chi connectivity index (χ0n) is 26.3. The van der Waals surface area contributed by atoms with Crippen LogP contribution in [0.3, 0.4) is 0 Å². The van der Waals surface area contributed by atoms with Crippen molar-refractivity contribution < 1.29 is 18.8 Å². The Balaban J connectivity index is 0.897. The SMILES string of the molecule is O=C1CCN(c2cc(F)cc3c2ccn3C2CCN(CC3CCN(c4ccc(C(=O)NC5CCCCC5)nn4)CC3)CC2)C(=O)N1. The van der Waals surface area contributed by atoms with Crippen molar-refractivity contribution in [1.82, 2.24) is 30.3 Å². The maximum absolute atomic E-state index is 14.8. The van der Waals surface area contributed by atoms with Gasteiger partial charge in [0.1, 0.15) is 5.82 Å². The van der Waals surface area contributed by atoms with Crippen LogP contribution in [0.4, 0.5) is 20.7 Å². The average Bonchev–Trinajstić information content (AvgIpc) is 3.49. The minimum Gasteiger partial charge on any atom is -0.355 e. The fourth-order valence-electron chi connectivity index (χ4n) is 7.76. The van der Waals surface area contributed by atoms with E-state index < -0.39 is 11.8 Å². The molecule has 46 heavy (non-hydrogen) atoms. The lowest BCUT2D eigenvalue weighted by atomic mass is 9.94. The summed E-state index contributed by atoms with van der Waals surface area (Å²) in [4.78, 5) is 43.0. The molecule has 0 radical (unpaired) electrons. The lowest BCUT2D eigenvalue weighted by Gasteiger charge is -2.38. The zero-order chi connectivity index (χ0) is 31.6. The molecule has 5 heterocycles. The van der Waals surface area contributed by atoms with Gasteiger partial charge in [0.25, 0.3) is 5.91 Å². The number of hydrogen-bond acceptors (Lipinski definition) is 7. The van der Waals surface area contributed by atoms with E-state index in [-0.39, 0.29) is 36.9 Å². The van der Waals surface area contributed by atoms with Crippen LogP contribution in [0, 0.1) is 11.7 Å². The van der Waals surface area contributed by atoms with E-state index in [1.54, 1.807) is 12.1 Å². The molecule has 244 valence electrons. The first-order valence-corrected chi connectivity index (χ1v) is 16.9. The number of piperidine rings is 2. The quantitative estimate of drug-likeness (QED) is 0.391. The summed E-state index contributed by atoms with van der Waals surface area (Å²) in [6.45, 7) is 5.13. The lowest BCUT2D eigenvalue weighted by molar-refractivity contribution is -0.120. The summed E-state index contributed by atoms with van der Waals surface area (Å²) in [5.74, 6) is 0.632. The van der Waals surface area contributed by atoms with Gasteiger partial charge in [-0.25, -0.2) is 9.18 Å². The molecule has 3 aliphatic heterocycles. The third-order valence-electron chi connectivity index (χ3n) is 10.4. The molecule has 0 unspecified atom stereocenters. The minimum atomic E-state index is -0.505. The summed E-state index contributed by atoms with van der Waals surface area (Å²) in [5, 5.41) is 14.9. The van der Waals surface area contributed by atoms with Gasteiger partial charge in [0, 0.05) is 69.4 Å². The molecular weight excluding hydrogens is 587 g/mol. The van der Waals surface area contributed by atoms with Crippen LogP contribution >= 0.6 is 0 Å². The summed E-state index contributed by atoms with van der Waals surface area (Å²) in [6.07, 6.45) is 12.0. The van der Waals surface area contributed by atoms with Crippen molar-refractivity contribution in [2.24, 2.45) is 5.92 Å². The number of carbonyl (C=O) groups excluding carboxylic acids is 3. The molecule has 1 aromatic carbocycles. The maximum atomic E-state index is 14.8. The highest BCUT2D eigenvalue weighted by Gasteiger charge is 2.29. The molecule has 3 aromatic rings. The Hall–Kier alpha value is -4.06.